The van der Waals surface area contributed by atoms with Gasteiger partial charge in [-0.05, 0) is 45.0 Å². The Bertz CT molecular complexity index is 657. The van der Waals surface area contributed by atoms with Crippen LogP contribution >= 0.6 is 0 Å². The lowest BCUT2D eigenvalue weighted by Crippen LogP contribution is -2.47. The van der Waals surface area contributed by atoms with Crippen LogP contribution in [0, 0.1) is 11.3 Å². The minimum absolute atomic E-state index is 0.0380. The van der Waals surface area contributed by atoms with Gasteiger partial charge < -0.3 is 15.1 Å². The van der Waals surface area contributed by atoms with E-state index in [9.17, 15) is 9.59 Å². The lowest BCUT2D eigenvalue weighted by molar-refractivity contribution is -0.118. The van der Waals surface area contributed by atoms with E-state index in [1.54, 1.807) is 18.3 Å². The molecular weight excluding hydrogens is 316 g/mol. The van der Waals surface area contributed by atoms with Gasteiger partial charge in [0.2, 0.25) is 5.91 Å². The summed E-state index contributed by atoms with van der Waals surface area (Å²) in [5.74, 6) is 0.262. The van der Waals surface area contributed by atoms with E-state index in [0.717, 1.165) is 32.6 Å². The molecule has 0 aliphatic carbocycles. The number of amides is 2. The van der Waals surface area contributed by atoms with Crippen LogP contribution in [0.4, 0.5) is 5.82 Å². The molecule has 3 rings (SSSR count). The number of nitrogens with zero attached hydrogens (tertiary/aromatic N) is 3. The van der Waals surface area contributed by atoms with Crippen LogP contribution < -0.4 is 5.32 Å². The molecule has 1 unspecified atom stereocenters. The molecule has 1 N–H and O–H groups in total. The van der Waals surface area contributed by atoms with Gasteiger partial charge in [-0.3, -0.25) is 9.59 Å². The Hall–Kier alpha value is -1.95. The smallest absolute Gasteiger partial charge is 0.254 e. The topological polar surface area (TPSA) is 65.5 Å². The molecule has 0 radical (unpaired) electrons. The molecule has 0 bridgehead atoms. The molecule has 2 saturated heterocycles. The van der Waals surface area contributed by atoms with Gasteiger partial charge in [-0.1, -0.05) is 13.8 Å². The summed E-state index contributed by atoms with van der Waals surface area (Å²) in [5, 5.41) is 2.77. The van der Waals surface area contributed by atoms with E-state index in [1.807, 2.05) is 18.7 Å². The Kier molecular flexibility index (Phi) is 5.08. The first kappa shape index (κ1) is 17.9. The van der Waals surface area contributed by atoms with Gasteiger partial charge in [0, 0.05) is 42.7 Å². The Morgan fingerprint density at radius 2 is 2.04 bits per heavy atom. The van der Waals surface area contributed by atoms with Crippen LogP contribution in [0.3, 0.4) is 0 Å². The van der Waals surface area contributed by atoms with E-state index in [1.165, 1.54) is 12.8 Å². The molecule has 1 aromatic heterocycles. The normalized spacial score (nSPS) is 24.1. The first-order valence-corrected chi connectivity index (χ1v) is 9.13. The molecule has 2 fully saturated rings. The molecule has 3 heterocycles. The maximum absolute atomic E-state index is 13.0. The molecular formula is C19H28N4O2. The zero-order chi connectivity index (χ0) is 18.0. The maximum Gasteiger partial charge on any atom is 0.254 e. The highest BCUT2D eigenvalue weighted by Crippen LogP contribution is 2.38. The van der Waals surface area contributed by atoms with Crippen molar-refractivity contribution >= 4 is 17.6 Å². The van der Waals surface area contributed by atoms with Crippen molar-refractivity contribution < 1.29 is 9.59 Å². The van der Waals surface area contributed by atoms with Crippen LogP contribution in [-0.2, 0) is 4.79 Å². The van der Waals surface area contributed by atoms with E-state index >= 15 is 0 Å². The largest absolute Gasteiger partial charge is 0.338 e. The second kappa shape index (κ2) is 7.12. The van der Waals surface area contributed by atoms with Gasteiger partial charge in [-0.2, -0.15) is 0 Å². The third-order valence-electron chi connectivity index (χ3n) is 5.36. The van der Waals surface area contributed by atoms with Crippen LogP contribution in [0.15, 0.2) is 18.3 Å². The predicted octanol–water partition coefficient (Wildman–Crippen LogP) is 2.23. The van der Waals surface area contributed by atoms with Crippen LogP contribution in [-0.4, -0.2) is 59.8 Å². The SMILES string of the molecule is CC(C)C(=O)Nc1cc(C(=O)N2CCCC3(CCN(C)C3)C2)ccn1. The zero-order valence-corrected chi connectivity index (χ0v) is 15.4. The summed E-state index contributed by atoms with van der Waals surface area (Å²) in [4.78, 5) is 33.3. The predicted molar refractivity (Wildman–Crippen MR) is 97.4 cm³/mol. The summed E-state index contributed by atoms with van der Waals surface area (Å²) in [5.41, 5.74) is 0.849. The van der Waals surface area contributed by atoms with Gasteiger partial charge in [0.05, 0.1) is 0 Å². The Morgan fingerprint density at radius 3 is 2.72 bits per heavy atom. The van der Waals surface area contributed by atoms with Gasteiger partial charge in [0.1, 0.15) is 5.82 Å². The first-order chi connectivity index (χ1) is 11.9. The summed E-state index contributed by atoms with van der Waals surface area (Å²) in [6.45, 7) is 7.48. The van der Waals surface area contributed by atoms with Crippen LogP contribution in [0.1, 0.15) is 43.5 Å². The zero-order valence-electron chi connectivity index (χ0n) is 15.4. The standard InChI is InChI=1S/C19H28N4O2/c1-14(2)17(24)21-16-11-15(5-8-20-16)18(25)23-9-4-6-19(13-23)7-10-22(3)12-19/h5,8,11,14H,4,6-7,9-10,12-13H2,1-3H3,(H,20,21,24). The first-order valence-electron chi connectivity index (χ1n) is 9.13. The molecule has 2 amide bonds. The fourth-order valence-electron chi connectivity index (χ4n) is 3.96. The number of carbonyl (C=O) groups is 2. The Labute approximate surface area is 149 Å². The summed E-state index contributed by atoms with van der Waals surface area (Å²) in [7, 11) is 2.15. The molecule has 1 atom stereocenters. The van der Waals surface area contributed by atoms with E-state index in [2.05, 4.69) is 22.2 Å². The molecule has 2 aliphatic heterocycles. The monoisotopic (exact) mass is 344 g/mol. The quantitative estimate of drug-likeness (QED) is 0.913. The van der Waals surface area contributed by atoms with Gasteiger partial charge in [-0.25, -0.2) is 4.98 Å². The average molecular weight is 344 g/mol. The van der Waals surface area contributed by atoms with Crippen molar-refractivity contribution in [2.45, 2.75) is 33.1 Å². The fourth-order valence-corrected chi connectivity index (χ4v) is 3.96. The summed E-state index contributed by atoms with van der Waals surface area (Å²) < 4.78 is 0. The number of anilines is 1. The lowest BCUT2D eigenvalue weighted by atomic mass is 9.79. The number of aromatic nitrogens is 1. The third-order valence-corrected chi connectivity index (χ3v) is 5.36. The minimum Gasteiger partial charge on any atom is -0.338 e. The number of piperidine rings is 1. The van der Waals surface area contributed by atoms with E-state index in [0.29, 0.717) is 11.4 Å². The summed E-state index contributed by atoms with van der Waals surface area (Å²) in [6.07, 6.45) is 5.01. The van der Waals surface area contributed by atoms with Gasteiger partial charge in [0.15, 0.2) is 0 Å². The molecule has 6 nitrogen and oxygen atoms in total. The summed E-state index contributed by atoms with van der Waals surface area (Å²) in [6, 6.07) is 3.42. The Morgan fingerprint density at radius 1 is 1.24 bits per heavy atom. The molecule has 6 heteroatoms. The van der Waals surface area contributed by atoms with Crippen molar-refractivity contribution in [1.29, 1.82) is 0 Å². The number of rotatable bonds is 3. The highest BCUT2D eigenvalue weighted by atomic mass is 16.2. The third kappa shape index (κ3) is 4.00. The molecule has 0 aromatic carbocycles. The summed E-state index contributed by atoms with van der Waals surface area (Å²) >= 11 is 0. The van der Waals surface area contributed by atoms with E-state index < -0.39 is 0 Å². The Balaban J connectivity index is 1.71. The number of nitrogens with one attached hydrogen (secondary N) is 1. The van der Waals surface area contributed by atoms with Gasteiger partial charge in [-0.15, -0.1) is 0 Å². The minimum atomic E-state index is -0.123. The fraction of sp³-hybridized carbons (Fsp3) is 0.632. The van der Waals surface area contributed by atoms with Crippen molar-refractivity contribution in [2.24, 2.45) is 11.3 Å². The van der Waals surface area contributed by atoms with Crippen LogP contribution in [0.25, 0.3) is 0 Å². The van der Waals surface area contributed by atoms with E-state index in [4.69, 9.17) is 0 Å². The number of hydrogen-bond donors (Lipinski definition) is 1. The molecule has 25 heavy (non-hydrogen) atoms. The molecule has 0 saturated carbocycles. The van der Waals surface area contributed by atoms with Crippen molar-refractivity contribution in [1.82, 2.24) is 14.8 Å². The molecule has 2 aliphatic rings. The number of hydrogen-bond acceptors (Lipinski definition) is 4. The highest BCUT2D eigenvalue weighted by Gasteiger charge is 2.41. The van der Waals surface area contributed by atoms with Crippen molar-refractivity contribution in [3.05, 3.63) is 23.9 Å². The van der Waals surface area contributed by atoms with Crippen LogP contribution in [0.2, 0.25) is 0 Å². The maximum atomic E-state index is 13.0. The van der Waals surface area contributed by atoms with Gasteiger partial charge >= 0.3 is 0 Å². The van der Waals surface area contributed by atoms with Crippen molar-refractivity contribution in [3.8, 4) is 0 Å². The molecule has 1 spiro atoms. The molecule has 136 valence electrons. The lowest BCUT2D eigenvalue weighted by Gasteiger charge is -2.40. The number of likely N-dealkylation sites (tertiary alicyclic amines) is 2. The van der Waals surface area contributed by atoms with Crippen LogP contribution in [0.5, 0.6) is 0 Å². The highest BCUT2D eigenvalue weighted by molar-refractivity contribution is 5.96. The molecule has 1 aromatic rings. The number of carbonyl (C=O) groups excluding carboxylic acids is 2. The van der Waals surface area contributed by atoms with Crippen molar-refractivity contribution in [3.63, 3.8) is 0 Å². The van der Waals surface area contributed by atoms with E-state index in [-0.39, 0.29) is 23.1 Å². The van der Waals surface area contributed by atoms with Gasteiger partial charge in [0.25, 0.3) is 5.91 Å². The second-order valence-electron chi connectivity index (χ2n) is 7.89. The number of pyridine rings is 1. The van der Waals surface area contributed by atoms with Crippen molar-refractivity contribution in [2.75, 3.05) is 38.5 Å². The second-order valence-corrected chi connectivity index (χ2v) is 7.89. The average Bonchev–Trinajstić information content (AvgIpc) is 2.94.